The van der Waals surface area contributed by atoms with Gasteiger partial charge in [0.15, 0.2) is 0 Å². The number of rotatable bonds is 4. The van der Waals surface area contributed by atoms with Crippen LogP contribution in [0.4, 0.5) is 17.5 Å². The number of nitrogens with one attached hydrogen (secondary N) is 3. The van der Waals surface area contributed by atoms with E-state index in [-0.39, 0.29) is 11.5 Å². The van der Waals surface area contributed by atoms with Gasteiger partial charge in [0.2, 0.25) is 5.95 Å². The van der Waals surface area contributed by atoms with E-state index in [4.69, 9.17) is 0 Å². The fourth-order valence-electron chi connectivity index (χ4n) is 3.32. The summed E-state index contributed by atoms with van der Waals surface area (Å²) in [4.78, 5) is 35.9. The molecule has 0 atom stereocenters. The Morgan fingerprint density at radius 3 is 2.52 bits per heavy atom. The predicted molar refractivity (Wildman–Crippen MR) is 113 cm³/mol. The summed E-state index contributed by atoms with van der Waals surface area (Å²) in [5, 5.41) is 9.76. The quantitative estimate of drug-likeness (QED) is 0.611. The lowest BCUT2D eigenvalue weighted by atomic mass is 10.1. The van der Waals surface area contributed by atoms with E-state index >= 15 is 0 Å². The highest BCUT2D eigenvalue weighted by molar-refractivity contribution is 5.95. The van der Waals surface area contributed by atoms with Gasteiger partial charge >= 0.3 is 0 Å². The molecule has 3 heterocycles. The van der Waals surface area contributed by atoms with E-state index in [0.29, 0.717) is 41.3 Å². The molecule has 150 valence electrons. The molecule has 3 N–H and O–H groups in total. The van der Waals surface area contributed by atoms with E-state index in [0.717, 1.165) is 18.8 Å². The van der Waals surface area contributed by atoms with Crippen LogP contribution >= 0.6 is 0 Å². The number of piperazine rings is 1. The lowest BCUT2D eigenvalue weighted by Crippen LogP contribution is -2.46. The molecule has 1 aromatic carbocycles. The fourth-order valence-corrected chi connectivity index (χ4v) is 3.32. The molecule has 0 radical (unpaired) electrons. The number of hydrogen-bond acceptors (Lipinski definition) is 7. The van der Waals surface area contributed by atoms with Gasteiger partial charge in [-0.25, -0.2) is 4.98 Å². The number of aromatic nitrogens is 3. The number of nitrogens with zero attached hydrogens (tertiary/aromatic N) is 4. The maximum Gasteiger partial charge on any atom is 0.263 e. The van der Waals surface area contributed by atoms with Crippen molar-refractivity contribution in [1.82, 2.24) is 24.8 Å². The molecule has 1 amide bonds. The van der Waals surface area contributed by atoms with Crippen LogP contribution in [0.1, 0.15) is 10.4 Å². The highest BCUT2D eigenvalue weighted by Crippen LogP contribution is 2.23. The second kappa shape index (κ2) is 7.88. The zero-order valence-electron chi connectivity index (χ0n) is 16.4. The maximum atomic E-state index is 12.6. The summed E-state index contributed by atoms with van der Waals surface area (Å²) in [7, 11) is 3.41. The lowest BCUT2D eigenvalue weighted by Gasteiger charge is -2.27. The Morgan fingerprint density at radius 2 is 1.83 bits per heavy atom. The predicted octanol–water partition coefficient (Wildman–Crippen LogP) is 1.16. The van der Waals surface area contributed by atoms with Crippen molar-refractivity contribution in [2.24, 2.45) is 7.05 Å². The van der Waals surface area contributed by atoms with Crippen molar-refractivity contribution < 1.29 is 4.79 Å². The van der Waals surface area contributed by atoms with Crippen LogP contribution in [0.5, 0.6) is 0 Å². The highest BCUT2D eigenvalue weighted by atomic mass is 16.2. The van der Waals surface area contributed by atoms with E-state index in [1.165, 1.54) is 4.57 Å². The molecule has 0 unspecified atom stereocenters. The summed E-state index contributed by atoms with van der Waals surface area (Å²) in [5.74, 6) is 0.859. The lowest BCUT2D eigenvalue weighted by molar-refractivity contribution is 0.0736. The SMILES string of the molecule is CNc1nc(Nc2ccc(C(=O)N3CCNCC3)cc2)c2c(=O)n(C)ccc2n1. The van der Waals surface area contributed by atoms with Crippen molar-refractivity contribution >= 4 is 34.3 Å². The zero-order valence-corrected chi connectivity index (χ0v) is 16.4. The minimum Gasteiger partial charge on any atom is -0.357 e. The number of carbonyl (C=O) groups is 1. The van der Waals surface area contributed by atoms with Gasteiger partial charge in [-0.1, -0.05) is 0 Å². The first-order valence-electron chi connectivity index (χ1n) is 9.49. The molecular formula is C20H23N7O2. The Kier molecular flexibility index (Phi) is 5.13. The van der Waals surface area contributed by atoms with Crippen LogP contribution in [0.3, 0.4) is 0 Å². The zero-order chi connectivity index (χ0) is 20.4. The number of anilines is 3. The Balaban J connectivity index is 1.64. The number of amides is 1. The first kappa shape index (κ1) is 18.9. The summed E-state index contributed by atoms with van der Waals surface area (Å²) >= 11 is 0. The summed E-state index contributed by atoms with van der Waals surface area (Å²) in [6, 6.07) is 8.98. The monoisotopic (exact) mass is 393 g/mol. The van der Waals surface area contributed by atoms with Crippen LogP contribution in [0, 0.1) is 0 Å². The number of benzene rings is 1. The smallest absolute Gasteiger partial charge is 0.263 e. The van der Waals surface area contributed by atoms with Crippen molar-refractivity contribution in [3.05, 3.63) is 52.4 Å². The van der Waals surface area contributed by atoms with E-state index in [9.17, 15) is 9.59 Å². The molecule has 9 nitrogen and oxygen atoms in total. The van der Waals surface area contributed by atoms with Crippen molar-refractivity contribution in [2.45, 2.75) is 0 Å². The van der Waals surface area contributed by atoms with E-state index in [1.807, 2.05) is 17.0 Å². The van der Waals surface area contributed by atoms with Crippen LogP contribution in [-0.4, -0.2) is 58.6 Å². The maximum absolute atomic E-state index is 12.6. The van der Waals surface area contributed by atoms with Crippen LogP contribution in [0.25, 0.3) is 10.9 Å². The Bertz CT molecular complexity index is 1100. The topological polar surface area (TPSA) is 104 Å². The Hall–Kier alpha value is -3.46. The van der Waals surface area contributed by atoms with Gasteiger partial charge in [-0.15, -0.1) is 0 Å². The van der Waals surface area contributed by atoms with E-state index < -0.39 is 0 Å². The summed E-state index contributed by atoms with van der Waals surface area (Å²) in [5.41, 5.74) is 1.74. The molecule has 1 fully saturated rings. The van der Waals surface area contributed by atoms with Crippen LogP contribution in [-0.2, 0) is 7.05 Å². The highest BCUT2D eigenvalue weighted by Gasteiger charge is 2.18. The molecule has 0 spiro atoms. The average Bonchev–Trinajstić information content (AvgIpc) is 2.76. The summed E-state index contributed by atoms with van der Waals surface area (Å²) < 4.78 is 1.49. The molecule has 9 heteroatoms. The third-order valence-electron chi connectivity index (χ3n) is 4.95. The molecule has 2 aromatic heterocycles. The van der Waals surface area contributed by atoms with Crippen molar-refractivity contribution in [3.8, 4) is 0 Å². The van der Waals surface area contributed by atoms with Crippen LogP contribution < -0.4 is 21.5 Å². The second-order valence-electron chi connectivity index (χ2n) is 6.88. The second-order valence-corrected chi connectivity index (χ2v) is 6.88. The van der Waals surface area contributed by atoms with Gasteiger partial charge in [0.05, 0.1) is 5.52 Å². The standard InChI is InChI=1S/C20H23N7O2/c1-21-20-24-15-7-10-26(2)19(29)16(15)17(25-20)23-14-5-3-13(4-6-14)18(28)27-11-8-22-9-12-27/h3-7,10,22H,8-9,11-12H2,1-2H3,(H2,21,23,24,25). The number of carbonyl (C=O) groups excluding carboxylic acids is 1. The number of pyridine rings is 1. The molecule has 0 saturated carbocycles. The number of hydrogen-bond donors (Lipinski definition) is 3. The van der Waals surface area contributed by atoms with Gasteiger partial charge in [0, 0.05) is 57.7 Å². The largest absolute Gasteiger partial charge is 0.357 e. The van der Waals surface area contributed by atoms with Crippen molar-refractivity contribution in [1.29, 1.82) is 0 Å². The molecule has 29 heavy (non-hydrogen) atoms. The molecule has 3 aromatic rings. The molecule has 1 aliphatic heterocycles. The third kappa shape index (κ3) is 3.77. The van der Waals surface area contributed by atoms with Gasteiger partial charge in [-0.3, -0.25) is 9.59 Å². The third-order valence-corrected chi connectivity index (χ3v) is 4.95. The van der Waals surface area contributed by atoms with Crippen molar-refractivity contribution in [2.75, 3.05) is 43.9 Å². The molecule has 1 saturated heterocycles. The molecular weight excluding hydrogens is 370 g/mol. The Morgan fingerprint density at radius 1 is 1.10 bits per heavy atom. The van der Waals surface area contributed by atoms with Crippen molar-refractivity contribution in [3.63, 3.8) is 0 Å². The first-order chi connectivity index (χ1) is 14.1. The normalized spacial score (nSPS) is 14.1. The summed E-state index contributed by atoms with van der Waals surface area (Å²) in [6.45, 7) is 3.05. The minimum absolute atomic E-state index is 0.0249. The van der Waals surface area contributed by atoms with Gasteiger partial charge in [0.1, 0.15) is 11.2 Å². The minimum atomic E-state index is -0.182. The molecule has 0 aliphatic carbocycles. The number of aryl methyl sites for hydroxylation is 1. The van der Waals surface area contributed by atoms with E-state index in [2.05, 4.69) is 25.9 Å². The fraction of sp³-hybridized carbons (Fsp3) is 0.300. The summed E-state index contributed by atoms with van der Waals surface area (Å²) in [6.07, 6.45) is 1.68. The molecule has 4 rings (SSSR count). The van der Waals surface area contributed by atoms with Gasteiger partial charge in [-0.2, -0.15) is 4.98 Å². The van der Waals surface area contributed by atoms with Gasteiger partial charge in [-0.05, 0) is 30.3 Å². The van der Waals surface area contributed by atoms with Crippen LogP contribution in [0.15, 0.2) is 41.3 Å². The number of fused-ring (bicyclic) bond motifs is 1. The molecule has 0 bridgehead atoms. The first-order valence-corrected chi connectivity index (χ1v) is 9.49. The van der Waals surface area contributed by atoms with Crippen LogP contribution in [0.2, 0.25) is 0 Å². The van der Waals surface area contributed by atoms with Gasteiger partial charge < -0.3 is 25.4 Å². The van der Waals surface area contributed by atoms with E-state index in [1.54, 1.807) is 38.5 Å². The molecule has 1 aliphatic rings. The Labute approximate surface area is 167 Å². The van der Waals surface area contributed by atoms with Gasteiger partial charge in [0.25, 0.3) is 11.5 Å². The average molecular weight is 393 g/mol.